The maximum absolute atomic E-state index is 11.4. The van der Waals surface area contributed by atoms with Gasteiger partial charge in [-0.15, -0.1) is 0 Å². The number of hydrogen-bond acceptors (Lipinski definition) is 3. The van der Waals surface area contributed by atoms with E-state index in [1.807, 2.05) is 0 Å². The number of piperazine rings is 1. The van der Waals surface area contributed by atoms with Gasteiger partial charge in [-0.2, -0.15) is 0 Å². The van der Waals surface area contributed by atoms with Gasteiger partial charge in [-0.25, -0.2) is 0 Å². The molecule has 1 aliphatic rings. The molecule has 0 aromatic heterocycles. The van der Waals surface area contributed by atoms with Crippen LogP contribution in [0.1, 0.15) is 11.1 Å². The number of carbonyl (C=O) groups excluding carboxylic acids is 1. The topological polar surface area (TPSA) is 35.6 Å². The fraction of sp³-hybridized carbons (Fsp3) is 0.533. The lowest BCUT2D eigenvalue weighted by molar-refractivity contribution is -0.121. The predicted molar refractivity (Wildman–Crippen MR) is 78.6 cm³/mol. The average Bonchev–Trinajstić information content (AvgIpc) is 2.43. The highest BCUT2D eigenvalue weighted by atomic mass is 16.1. The van der Waals surface area contributed by atoms with Gasteiger partial charge in [0.25, 0.3) is 0 Å². The van der Waals surface area contributed by atoms with Gasteiger partial charge in [-0.1, -0.05) is 12.1 Å². The summed E-state index contributed by atoms with van der Waals surface area (Å²) in [5.74, 6) is 0.0974. The lowest BCUT2D eigenvalue weighted by atomic mass is 10.1. The number of rotatable bonds is 3. The van der Waals surface area contributed by atoms with Crippen LogP contribution in [0.3, 0.4) is 0 Å². The molecule has 4 nitrogen and oxygen atoms in total. The number of carbonyl (C=O) groups is 1. The van der Waals surface area contributed by atoms with Gasteiger partial charge in [0.1, 0.15) is 0 Å². The van der Waals surface area contributed by atoms with E-state index in [0.717, 1.165) is 26.2 Å². The minimum absolute atomic E-state index is 0.0974. The second kappa shape index (κ2) is 6.06. The zero-order valence-corrected chi connectivity index (χ0v) is 12.1. The Labute approximate surface area is 115 Å². The molecule has 0 radical (unpaired) electrons. The van der Waals surface area contributed by atoms with Crippen molar-refractivity contribution in [1.82, 2.24) is 10.2 Å². The van der Waals surface area contributed by atoms with Crippen molar-refractivity contribution in [2.45, 2.75) is 13.8 Å². The Morgan fingerprint density at radius 1 is 1.21 bits per heavy atom. The number of anilines is 1. The first kappa shape index (κ1) is 13.9. The Hall–Kier alpha value is -1.55. The lowest BCUT2D eigenvalue weighted by Crippen LogP contribution is -2.49. The van der Waals surface area contributed by atoms with Gasteiger partial charge >= 0.3 is 0 Å². The average molecular weight is 261 g/mol. The minimum atomic E-state index is 0.0974. The fourth-order valence-corrected chi connectivity index (χ4v) is 2.51. The molecule has 0 spiro atoms. The Bertz CT molecular complexity index is 451. The van der Waals surface area contributed by atoms with Crippen LogP contribution >= 0.6 is 0 Å². The van der Waals surface area contributed by atoms with Crippen LogP contribution in [-0.2, 0) is 4.79 Å². The maximum atomic E-state index is 11.4. The normalized spacial score (nSPS) is 16.5. The van der Waals surface area contributed by atoms with Crippen molar-refractivity contribution in [3.05, 3.63) is 29.3 Å². The standard InChI is InChI=1S/C15H23N3O/c1-12-5-4-6-14(13(12)2)18-9-7-17(8-10-18)11-15(19)16-3/h4-6H,7-11H2,1-3H3,(H,16,19). The summed E-state index contributed by atoms with van der Waals surface area (Å²) < 4.78 is 0. The molecule has 1 aromatic rings. The van der Waals surface area contributed by atoms with Crippen molar-refractivity contribution < 1.29 is 4.79 Å². The van der Waals surface area contributed by atoms with E-state index in [-0.39, 0.29) is 5.91 Å². The van der Waals surface area contributed by atoms with Gasteiger partial charge in [0.2, 0.25) is 5.91 Å². The van der Waals surface area contributed by atoms with E-state index in [1.54, 1.807) is 7.05 Å². The molecular formula is C15H23N3O. The lowest BCUT2D eigenvalue weighted by Gasteiger charge is -2.36. The third-order valence-electron chi connectivity index (χ3n) is 3.94. The van der Waals surface area contributed by atoms with Crippen molar-refractivity contribution in [2.75, 3.05) is 44.7 Å². The zero-order chi connectivity index (χ0) is 13.8. The van der Waals surface area contributed by atoms with Gasteiger partial charge in [0, 0.05) is 38.9 Å². The monoisotopic (exact) mass is 261 g/mol. The summed E-state index contributed by atoms with van der Waals surface area (Å²) in [6.07, 6.45) is 0. The van der Waals surface area contributed by atoms with E-state index < -0.39 is 0 Å². The number of amides is 1. The van der Waals surface area contributed by atoms with Crippen LogP contribution in [0.5, 0.6) is 0 Å². The van der Waals surface area contributed by atoms with E-state index in [2.05, 4.69) is 47.2 Å². The Kier molecular flexibility index (Phi) is 4.43. The summed E-state index contributed by atoms with van der Waals surface area (Å²) in [4.78, 5) is 16.0. The van der Waals surface area contributed by atoms with Crippen LogP contribution in [0, 0.1) is 13.8 Å². The van der Waals surface area contributed by atoms with Crippen molar-refractivity contribution in [1.29, 1.82) is 0 Å². The van der Waals surface area contributed by atoms with Gasteiger partial charge in [-0.05, 0) is 31.0 Å². The first-order valence-corrected chi connectivity index (χ1v) is 6.86. The van der Waals surface area contributed by atoms with Crippen molar-refractivity contribution in [3.63, 3.8) is 0 Å². The number of benzene rings is 1. The quantitative estimate of drug-likeness (QED) is 0.887. The van der Waals surface area contributed by atoms with E-state index in [4.69, 9.17) is 0 Å². The Morgan fingerprint density at radius 3 is 2.53 bits per heavy atom. The second-order valence-corrected chi connectivity index (χ2v) is 5.16. The molecule has 1 amide bonds. The summed E-state index contributed by atoms with van der Waals surface area (Å²) in [6, 6.07) is 6.46. The minimum Gasteiger partial charge on any atom is -0.369 e. The molecule has 1 aromatic carbocycles. The van der Waals surface area contributed by atoms with Crippen molar-refractivity contribution in [2.24, 2.45) is 0 Å². The SMILES string of the molecule is CNC(=O)CN1CCN(c2cccc(C)c2C)CC1. The highest BCUT2D eigenvalue weighted by molar-refractivity contribution is 5.77. The number of hydrogen-bond donors (Lipinski definition) is 1. The van der Waals surface area contributed by atoms with E-state index in [9.17, 15) is 4.79 Å². The number of aryl methyl sites for hydroxylation is 1. The summed E-state index contributed by atoms with van der Waals surface area (Å²) in [5, 5.41) is 2.68. The smallest absolute Gasteiger partial charge is 0.233 e. The molecule has 1 saturated heterocycles. The molecule has 104 valence electrons. The van der Waals surface area contributed by atoms with Crippen molar-refractivity contribution >= 4 is 11.6 Å². The summed E-state index contributed by atoms with van der Waals surface area (Å²) in [5.41, 5.74) is 4.03. The van der Waals surface area contributed by atoms with Gasteiger partial charge in [0.05, 0.1) is 6.54 Å². The van der Waals surface area contributed by atoms with E-state index >= 15 is 0 Å². The van der Waals surface area contributed by atoms with Crippen LogP contribution in [0.2, 0.25) is 0 Å². The molecule has 0 unspecified atom stereocenters. The third kappa shape index (κ3) is 3.26. The highest BCUT2D eigenvalue weighted by Gasteiger charge is 2.19. The number of likely N-dealkylation sites (N-methyl/N-ethyl adjacent to an activating group) is 1. The molecule has 0 aliphatic carbocycles. The molecule has 0 atom stereocenters. The van der Waals surface area contributed by atoms with Gasteiger partial charge < -0.3 is 10.2 Å². The molecule has 0 bridgehead atoms. The molecule has 2 rings (SSSR count). The largest absolute Gasteiger partial charge is 0.369 e. The van der Waals surface area contributed by atoms with Gasteiger partial charge in [-0.3, -0.25) is 9.69 Å². The molecule has 4 heteroatoms. The third-order valence-corrected chi connectivity index (χ3v) is 3.94. The zero-order valence-electron chi connectivity index (χ0n) is 12.1. The molecule has 1 aliphatic heterocycles. The Morgan fingerprint density at radius 2 is 1.89 bits per heavy atom. The van der Waals surface area contributed by atoms with Crippen LogP contribution in [0.4, 0.5) is 5.69 Å². The van der Waals surface area contributed by atoms with Crippen LogP contribution in [-0.4, -0.2) is 50.6 Å². The number of nitrogens with zero attached hydrogens (tertiary/aromatic N) is 2. The Balaban J connectivity index is 1.96. The fourth-order valence-electron chi connectivity index (χ4n) is 2.51. The first-order valence-electron chi connectivity index (χ1n) is 6.86. The molecule has 1 N–H and O–H groups in total. The van der Waals surface area contributed by atoms with E-state index in [0.29, 0.717) is 6.54 Å². The summed E-state index contributed by atoms with van der Waals surface area (Å²) >= 11 is 0. The maximum Gasteiger partial charge on any atom is 0.233 e. The molecular weight excluding hydrogens is 238 g/mol. The van der Waals surface area contributed by atoms with E-state index in [1.165, 1.54) is 16.8 Å². The van der Waals surface area contributed by atoms with Crippen LogP contribution in [0.25, 0.3) is 0 Å². The highest BCUT2D eigenvalue weighted by Crippen LogP contribution is 2.23. The summed E-state index contributed by atoms with van der Waals surface area (Å²) in [6.45, 7) is 8.71. The number of nitrogens with one attached hydrogen (secondary N) is 1. The first-order chi connectivity index (χ1) is 9.11. The predicted octanol–water partition coefficient (Wildman–Crippen LogP) is 1.17. The molecule has 1 heterocycles. The molecule has 1 fully saturated rings. The second-order valence-electron chi connectivity index (χ2n) is 5.16. The molecule has 19 heavy (non-hydrogen) atoms. The summed E-state index contributed by atoms with van der Waals surface area (Å²) in [7, 11) is 1.69. The van der Waals surface area contributed by atoms with Crippen molar-refractivity contribution in [3.8, 4) is 0 Å². The van der Waals surface area contributed by atoms with Gasteiger partial charge in [0.15, 0.2) is 0 Å². The molecule has 0 saturated carbocycles. The van der Waals surface area contributed by atoms with Crippen LogP contribution < -0.4 is 10.2 Å². The van der Waals surface area contributed by atoms with Crippen LogP contribution in [0.15, 0.2) is 18.2 Å².